The van der Waals surface area contributed by atoms with Gasteiger partial charge >= 0.3 is 90.3 Å². The molecule has 0 spiro atoms. The van der Waals surface area contributed by atoms with Crippen molar-refractivity contribution < 1.29 is 20.4 Å². The summed E-state index contributed by atoms with van der Waals surface area (Å²) in [5.74, 6) is 1.62. The zero-order valence-electron chi connectivity index (χ0n) is 27.6. The molecule has 1 unspecified atom stereocenters. The SMILES string of the molecule is CC(C)Oc1ccccc1[CH]=[Ru][Cl].CCc1cccc(CC)c1N1[CH-]C(C)(c2ccc(CC(C)C)cc2)CC1(C)C.[CH3-]. The van der Waals surface area contributed by atoms with Crippen LogP contribution in [0, 0.1) is 19.9 Å². The Balaban J connectivity index is 0.000000371. The van der Waals surface area contributed by atoms with E-state index in [1.165, 1.54) is 27.9 Å². The van der Waals surface area contributed by atoms with Crippen LogP contribution in [0.25, 0.3) is 0 Å². The van der Waals surface area contributed by atoms with Crippen molar-refractivity contribution in [3.63, 3.8) is 0 Å². The summed E-state index contributed by atoms with van der Waals surface area (Å²) in [6.45, 7) is 22.9. The summed E-state index contributed by atoms with van der Waals surface area (Å²) < 4.78 is 7.66. The van der Waals surface area contributed by atoms with Crippen LogP contribution in [0.15, 0.2) is 66.7 Å². The van der Waals surface area contributed by atoms with E-state index < -0.39 is 0 Å². The first-order valence-electron chi connectivity index (χ1n) is 15.1. The van der Waals surface area contributed by atoms with Crippen molar-refractivity contribution in [3.05, 3.63) is 109 Å². The Morgan fingerprint density at radius 3 is 2.02 bits per heavy atom. The van der Waals surface area contributed by atoms with Gasteiger partial charge in [-0.15, -0.1) is 5.41 Å². The minimum Gasteiger partial charge on any atom is -0.517 e. The molecule has 0 saturated carbocycles. The Kier molecular flexibility index (Phi) is 14.0. The molecule has 2 nitrogen and oxygen atoms in total. The fourth-order valence-corrected chi connectivity index (χ4v) is 7.13. The monoisotopic (exact) mass is 676 g/mol. The molecule has 1 aliphatic heterocycles. The summed E-state index contributed by atoms with van der Waals surface area (Å²) in [4.78, 5) is 2.59. The van der Waals surface area contributed by atoms with Gasteiger partial charge in [0.05, 0.1) is 0 Å². The molecule has 1 heterocycles. The van der Waals surface area contributed by atoms with Crippen molar-refractivity contribution in [3.8, 4) is 5.75 Å². The van der Waals surface area contributed by atoms with Gasteiger partial charge in [0, 0.05) is 11.2 Å². The number of anilines is 1. The van der Waals surface area contributed by atoms with Crippen molar-refractivity contribution >= 4 is 20.0 Å². The van der Waals surface area contributed by atoms with Crippen LogP contribution in [0.3, 0.4) is 0 Å². The van der Waals surface area contributed by atoms with Crippen LogP contribution in [-0.4, -0.2) is 16.3 Å². The predicted molar refractivity (Wildman–Crippen MR) is 183 cm³/mol. The quantitative estimate of drug-likeness (QED) is 0.165. The summed E-state index contributed by atoms with van der Waals surface area (Å²) in [6.07, 6.45) is 4.64. The maximum Gasteiger partial charge on any atom is 0.0140 e. The molecule has 3 aromatic carbocycles. The Morgan fingerprint density at radius 1 is 0.905 bits per heavy atom. The average molecular weight is 676 g/mol. The summed E-state index contributed by atoms with van der Waals surface area (Å²) in [5.41, 5.74) is 8.50. The molecule has 233 valence electrons. The number of nitrogens with zero attached hydrogens (tertiary/aromatic N) is 1. The van der Waals surface area contributed by atoms with Gasteiger partial charge in [0.25, 0.3) is 0 Å². The fourth-order valence-electron chi connectivity index (χ4n) is 6.02. The smallest absolute Gasteiger partial charge is 0.0140 e. The topological polar surface area (TPSA) is 12.5 Å². The third kappa shape index (κ3) is 9.27. The Labute approximate surface area is 269 Å². The Morgan fingerprint density at radius 2 is 1.50 bits per heavy atom. The van der Waals surface area contributed by atoms with Gasteiger partial charge < -0.3 is 12.3 Å². The van der Waals surface area contributed by atoms with Crippen LogP contribution in [0.1, 0.15) is 96.6 Å². The standard InChI is InChI=1S/C27H38N.C10H12O.CH3.ClH.Ru/c1-8-22-11-10-12-23(9-2)25(22)28-19-27(7,18-26(28,5)6)24-15-13-21(14-16-24)17-20(3)4;1-8(2)11-10-7-5-4-6-9(10)3;;;/h10-16,19-20H,8-9,17-18H2,1-7H3;3-8H,1-2H3;1H3;1H;/q-1;;-1;;+1/p-1. The van der Waals surface area contributed by atoms with E-state index in [0.29, 0.717) is 5.92 Å². The number of halogens is 1. The average Bonchev–Trinajstić information content (AvgIpc) is 3.18. The molecule has 0 bridgehead atoms. The maximum atomic E-state index is 5.72. The van der Waals surface area contributed by atoms with E-state index in [9.17, 15) is 0 Å². The van der Waals surface area contributed by atoms with Crippen molar-refractivity contribution in [2.75, 3.05) is 4.90 Å². The van der Waals surface area contributed by atoms with Crippen LogP contribution in [0.5, 0.6) is 5.75 Å². The molecule has 0 N–H and O–H groups in total. The Bertz CT molecular complexity index is 1260. The number of hydrogen-bond acceptors (Lipinski definition) is 2. The first-order chi connectivity index (χ1) is 19.4. The van der Waals surface area contributed by atoms with E-state index in [1.54, 1.807) is 0 Å². The van der Waals surface area contributed by atoms with Gasteiger partial charge in [-0.3, -0.25) is 0 Å². The first kappa shape index (κ1) is 36.2. The number of rotatable bonds is 9. The molecule has 0 radical (unpaired) electrons. The van der Waals surface area contributed by atoms with Gasteiger partial charge in [-0.25, -0.2) is 6.54 Å². The molecule has 4 rings (SSSR count). The second-order valence-corrected chi connectivity index (χ2v) is 14.5. The van der Waals surface area contributed by atoms with E-state index in [2.05, 4.69) is 102 Å². The molecule has 42 heavy (non-hydrogen) atoms. The van der Waals surface area contributed by atoms with Gasteiger partial charge in [0.1, 0.15) is 0 Å². The van der Waals surface area contributed by atoms with E-state index in [1.807, 2.05) is 42.7 Å². The van der Waals surface area contributed by atoms with Gasteiger partial charge in [-0.1, -0.05) is 82.6 Å². The molecule has 1 saturated heterocycles. The number of aryl methyl sites for hydroxylation is 2. The molecule has 0 aliphatic carbocycles. The van der Waals surface area contributed by atoms with E-state index >= 15 is 0 Å². The van der Waals surface area contributed by atoms with E-state index in [-0.39, 0.29) is 40.2 Å². The molecule has 0 amide bonds. The first-order valence-corrected chi connectivity index (χ1v) is 18.3. The largest absolute Gasteiger partial charge is 0.517 e. The van der Waals surface area contributed by atoms with Crippen LogP contribution < -0.4 is 9.64 Å². The number of benzene rings is 3. The van der Waals surface area contributed by atoms with E-state index in [0.717, 1.165) is 37.0 Å². The minimum absolute atomic E-state index is 0. The van der Waals surface area contributed by atoms with Crippen LogP contribution >= 0.6 is 9.69 Å². The van der Waals surface area contributed by atoms with Gasteiger partial charge in [0.2, 0.25) is 0 Å². The minimum atomic E-state index is -0.191. The third-order valence-corrected chi connectivity index (χ3v) is 8.95. The van der Waals surface area contributed by atoms with E-state index in [4.69, 9.17) is 14.4 Å². The number of ether oxygens (including phenoxy) is 1. The van der Waals surface area contributed by atoms with Crippen molar-refractivity contribution in [1.82, 2.24) is 0 Å². The van der Waals surface area contributed by atoms with Crippen LogP contribution in [-0.2, 0) is 40.4 Å². The zero-order valence-corrected chi connectivity index (χ0v) is 30.1. The molecule has 1 fully saturated rings. The second kappa shape index (κ2) is 16.2. The molecular formula is C38H53ClNORu-2. The normalized spacial score (nSPS) is 18.0. The van der Waals surface area contributed by atoms with Crippen LogP contribution in [0.2, 0.25) is 0 Å². The van der Waals surface area contributed by atoms with Gasteiger partial charge in [-0.2, -0.15) is 0 Å². The number of para-hydroxylation sites is 2. The molecular weight excluding hydrogens is 623 g/mol. The predicted octanol–water partition coefficient (Wildman–Crippen LogP) is 10.4. The van der Waals surface area contributed by atoms with Gasteiger partial charge in [0.15, 0.2) is 0 Å². The van der Waals surface area contributed by atoms with Crippen molar-refractivity contribution in [1.29, 1.82) is 0 Å². The fraction of sp³-hybridized carbons (Fsp3) is 0.447. The second-order valence-electron chi connectivity index (χ2n) is 12.7. The van der Waals surface area contributed by atoms with Crippen LogP contribution in [0.4, 0.5) is 5.69 Å². The summed E-state index contributed by atoms with van der Waals surface area (Å²) in [7, 11) is 5.72. The summed E-state index contributed by atoms with van der Waals surface area (Å²) in [5, 5.41) is 0. The Hall–Kier alpha value is -1.96. The molecule has 0 aromatic heterocycles. The molecule has 4 heteroatoms. The van der Waals surface area contributed by atoms with Crippen molar-refractivity contribution in [2.24, 2.45) is 5.92 Å². The maximum absolute atomic E-state index is 5.72. The van der Waals surface area contributed by atoms with Gasteiger partial charge in [-0.05, 0) is 62.1 Å². The number of hydrogen-bond donors (Lipinski definition) is 0. The molecule has 3 aromatic rings. The summed E-state index contributed by atoms with van der Waals surface area (Å²) in [6, 6.07) is 24.2. The molecule has 1 aliphatic rings. The van der Waals surface area contributed by atoms with Crippen molar-refractivity contribution in [2.45, 2.75) is 105 Å². The summed E-state index contributed by atoms with van der Waals surface area (Å²) >= 11 is -0.191. The zero-order chi connectivity index (χ0) is 30.2. The third-order valence-electron chi connectivity index (χ3n) is 7.76. The molecule has 1 atom stereocenters.